The minimum Gasteiger partial charge on any atom is -0.626 e. The van der Waals surface area contributed by atoms with E-state index in [1.165, 1.54) is 0 Å². The van der Waals surface area contributed by atoms with Gasteiger partial charge in [0.15, 0.2) is 6.21 Å². The van der Waals surface area contributed by atoms with E-state index in [0.29, 0.717) is 5.92 Å². The van der Waals surface area contributed by atoms with Gasteiger partial charge in [-0.15, -0.1) is 0 Å². The average Bonchev–Trinajstić information content (AvgIpc) is 1.85. The number of hydrogen-bond donors (Lipinski definition) is 1. The molecule has 0 aromatic heterocycles. The monoisotopic (exact) mass is 157 g/mol. The Morgan fingerprint density at radius 1 is 1.45 bits per heavy atom. The summed E-state index contributed by atoms with van der Waals surface area (Å²) >= 11 is 0. The zero-order valence-corrected chi connectivity index (χ0v) is 7.98. The van der Waals surface area contributed by atoms with Crippen molar-refractivity contribution in [1.29, 1.82) is 0 Å². The van der Waals surface area contributed by atoms with Crippen molar-refractivity contribution in [2.75, 3.05) is 0 Å². The molecule has 1 N–H and O–H groups in total. The molecule has 0 aromatic carbocycles. The molecule has 0 aliphatic rings. The predicted molar refractivity (Wildman–Crippen MR) is 48.2 cm³/mol. The van der Waals surface area contributed by atoms with Crippen LogP contribution in [0.4, 0.5) is 0 Å². The van der Waals surface area contributed by atoms with E-state index in [2.05, 4.69) is 27.7 Å². The smallest absolute Gasteiger partial charge is 0.152 e. The summed E-state index contributed by atoms with van der Waals surface area (Å²) in [5.74, 6) is 0.380. The zero-order valence-electron chi connectivity index (χ0n) is 7.98. The molecule has 2 nitrogen and oxygen atoms in total. The van der Waals surface area contributed by atoms with Crippen molar-refractivity contribution in [2.45, 2.75) is 40.5 Å². The van der Waals surface area contributed by atoms with Gasteiger partial charge in [-0.25, -0.2) is 5.16 Å². The number of nitrogens with one attached hydrogen (secondary N) is 1. The highest BCUT2D eigenvalue weighted by molar-refractivity contribution is 5.55. The van der Waals surface area contributed by atoms with Crippen molar-refractivity contribution in [1.82, 2.24) is 0 Å². The zero-order chi connectivity index (χ0) is 8.91. The molecule has 0 aliphatic heterocycles. The molecular formula is C9H19NO. The molecule has 1 atom stereocenters. The van der Waals surface area contributed by atoms with Crippen LogP contribution in [0.25, 0.3) is 0 Å². The number of hydrogen-bond acceptors (Lipinski definition) is 1. The van der Waals surface area contributed by atoms with Gasteiger partial charge in [0, 0.05) is 5.92 Å². The first kappa shape index (κ1) is 10.5. The molecule has 0 rings (SSSR count). The lowest BCUT2D eigenvalue weighted by molar-refractivity contribution is -0.371. The van der Waals surface area contributed by atoms with Crippen LogP contribution in [0.5, 0.6) is 0 Å². The van der Waals surface area contributed by atoms with Gasteiger partial charge >= 0.3 is 0 Å². The lowest BCUT2D eigenvalue weighted by Crippen LogP contribution is -2.62. The Balaban J connectivity index is 4.10. The second-order valence-corrected chi connectivity index (χ2v) is 4.05. The van der Waals surface area contributed by atoms with Crippen molar-refractivity contribution in [2.24, 2.45) is 11.3 Å². The normalized spacial score (nSPS) is 15.6. The van der Waals surface area contributed by atoms with Crippen LogP contribution in [0.1, 0.15) is 40.5 Å². The van der Waals surface area contributed by atoms with Crippen molar-refractivity contribution in [3.63, 3.8) is 0 Å². The van der Waals surface area contributed by atoms with E-state index >= 15 is 0 Å². The first-order valence-electron chi connectivity index (χ1n) is 4.23. The van der Waals surface area contributed by atoms with Gasteiger partial charge in [-0.3, -0.25) is 0 Å². The molecule has 0 fully saturated rings. The topological polar surface area (TPSA) is 37.0 Å². The minimum absolute atomic E-state index is 0.202. The molecule has 0 heterocycles. The molecule has 0 bridgehead atoms. The molecule has 0 amide bonds. The average molecular weight is 157 g/mol. The van der Waals surface area contributed by atoms with E-state index in [-0.39, 0.29) is 5.41 Å². The molecule has 0 aliphatic carbocycles. The van der Waals surface area contributed by atoms with E-state index in [9.17, 15) is 5.21 Å². The summed E-state index contributed by atoms with van der Waals surface area (Å²) in [7, 11) is 0. The molecule has 11 heavy (non-hydrogen) atoms. The van der Waals surface area contributed by atoms with Crippen LogP contribution in [-0.2, 0) is 0 Å². The summed E-state index contributed by atoms with van der Waals surface area (Å²) in [5.41, 5.74) is 0.202. The first-order valence-corrected chi connectivity index (χ1v) is 4.23. The summed E-state index contributed by atoms with van der Waals surface area (Å²) < 4.78 is 0. The molecule has 0 saturated heterocycles. The van der Waals surface area contributed by atoms with Gasteiger partial charge < -0.3 is 5.21 Å². The Kier molecular flexibility index (Phi) is 4.16. The van der Waals surface area contributed by atoms with Gasteiger partial charge in [0.2, 0.25) is 0 Å². The highest BCUT2D eigenvalue weighted by Crippen LogP contribution is 2.27. The Hall–Kier alpha value is -0.530. The maximum Gasteiger partial charge on any atom is 0.152 e. The highest BCUT2D eigenvalue weighted by atomic mass is 16.4. The van der Waals surface area contributed by atoms with Crippen LogP contribution in [0, 0.1) is 16.5 Å². The molecule has 0 radical (unpaired) electrons. The standard InChI is InChI=1S/C9H19NO/c1-5-6-8(7-10-11)9(2,3)4/h7-8,10H,5-6H2,1-4H3. The third-order valence-corrected chi connectivity index (χ3v) is 1.98. The van der Waals surface area contributed by atoms with Gasteiger partial charge in [0.05, 0.1) is 0 Å². The highest BCUT2D eigenvalue weighted by Gasteiger charge is 2.23. The fraction of sp³-hybridized carbons (Fsp3) is 0.889. The third-order valence-electron chi connectivity index (χ3n) is 1.98. The Labute approximate surface area is 69.3 Å². The van der Waals surface area contributed by atoms with Crippen LogP contribution in [0.15, 0.2) is 0 Å². The summed E-state index contributed by atoms with van der Waals surface area (Å²) in [4.78, 5) is 0. The van der Waals surface area contributed by atoms with Crippen LogP contribution in [0.3, 0.4) is 0 Å². The molecule has 0 aromatic rings. The SMILES string of the molecule is CCCC(C=[NH+][O-])C(C)(C)C. The van der Waals surface area contributed by atoms with E-state index in [4.69, 9.17) is 0 Å². The van der Waals surface area contributed by atoms with Gasteiger partial charge in [0.1, 0.15) is 0 Å². The largest absolute Gasteiger partial charge is 0.626 e. The van der Waals surface area contributed by atoms with Gasteiger partial charge in [-0.1, -0.05) is 34.1 Å². The number of rotatable bonds is 3. The summed E-state index contributed by atoms with van der Waals surface area (Å²) in [6.07, 6.45) is 3.86. The quantitative estimate of drug-likeness (QED) is 0.372. The molecule has 0 saturated carbocycles. The molecule has 2 heteroatoms. The Morgan fingerprint density at radius 3 is 2.27 bits per heavy atom. The predicted octanol–water partition coefficient (Wildman–Crippen LogP) is 1.10. The van der Waals surface area contributed by atoms with Crippen LogP contribution in [-0.4, -0.2) is 6.21 Å². The second-order valence-electron chi connectivity index (χ2n) is 4.05. The van der Waals surface area contributed by atoms with Gasteiger partial charge in [0.25, 0.3) is 0 Å². The fourth-order valence-electron chi connectivity index (χ4n) is 1.16. The van der Waals surface area contributed by atoms with Crippen molar-refractivity contribution < 1.29 is 5.16 Å². The van der Waals surface area contributed by atoms with Crippen LogP contribution in [0.2, 0.25) is 0 Å². The Morgan fingerprint density at radius 2 is 2.00 bits per heavy atom. The van der Waals surface area contributed by atoms with Crippen LogP contribution >= 0.6 is 0 Å². The van der Waals surface area contributed by atoms with Gasteiger partial charge in [-0.05, 0) is 11.8 Å². The van der Waals surface area contributed by atoms with Crippen molar-refractivity contribution in [3.8, 4) is 0 Å². The van der Waals surface area contributed by atoms with Crippen LogP contribution < -0.4 is 5.16 Å². The van der Waals surface area contributed by atoms with Crippen molar-refractivity contribution >= 4 is 6.21 Å². The molecule has 0 spiro atoms. The maximum absolute atomic E-state index is 10.2. The third kappa shape index (κ3) is 4.02. The summed E-state index contributed by atoms with van der Waals surface area (Å²) in [6.45, 7) is 8.60. The van der Waals surface area contributed by atoms with E-state index in [1.807, 2.05) is 5.16 Å². The molecule has 66 valence electrons. The summed E-state index contributed by atoms with van der Waals surface area (Å²) in [6, 6.07) is 0. The van der Waals surface area contributed by atoms with E-state index < -0.39 is 0 Å². The maximum atomic E-state index is 10.2. The lowest BCUT2D eigenvalue weighted by Gasteiger charge is -2.24. The van der Waals surface area contributed by atoms with E-state index in [1.54, 1.807) is 6.21 Å². The minimum atomic E-state index is 0.202. The first-order chi connectivity index (χ1) is 5.02. The Bertz CT molecular complexity index is 124. The van der Waals surface area contributed by atoms with E-state index in [0.717, 1.165) is 12.8 Å². The second kappa shape index (κ2) is 4.37. The van der Waals surface area contributed by atoms with Gasteiger partial charge in [-0.2, -0.15) is 0 Å². The van der Waals surface area contributed by atoms with Crippen molar-refractivity contribution in [3.05, 3.63) is 5.21 Å². The molecule has 1 unspecified atom stereocenters. The summed E-state index contributed by atoms with van der Waals surface area (Å²) in [5, 5.41) is 12.0. The fourth-order valence-corrected chi connectivity index (χ4v) is 1.16. The molecular weight excluding hydrogens is 138 g/mol. The lowest BCUT2D eigenvalue weighted by atomic mass is 9.79.